The molecule has 1 aromatic heterocycles. The van der Waals surface area contributed by atoms with E-state index in [4.69, 9.17) is 0 Å². The van der Waals surface area contributed by atoms with Crippen molar-refractivity contribution in [2.45, 2.75) is 12.8 Å². The van der Waals surface area contributed by atoms with Gasteiger partial charge in [-0.3, -0.25) is 4.79 Å². The molecule has 0 unspecified atom stereocenters. The van der Waals surface area contributed by atoms with Crippen LogP contribution in [0.25, 0.3) is 10.8 Å². The first-order valence-electron chi connectivity index (χ1n) is 7.08. The number of carbonyl (C=O) groups excluding carboxylic acids is 1. The number of benzene rings is 2. The highest BCUT2D eigenvalue weighted by Gasteiger charge is 2.06. The Morgan fingerprint density at radius 2 is 1.86 bits per heavy atom. The van der Waals surface area contributed by atoms with Crippen LogP contribution in [0.2, 0.25) is 0 Å². The SMILES string of the molecule is O=C(Cc1cccc2ccccc12)NCCc1cccs1. The van der Waals surface area contributed by atoms with Gasteiger partial charge in [0, 0.05) is 11.4 Å². The molecule has 0 aliphatic carbocycles. The molecule has 3 heteroatoms. The van der Waals surface area contributed by atoms with Gasteiger partial charge in [0.1, 0.15) is 0 Å². The van der Waals surface area contributed by atoms with Crippen LogP contribution in [0, 0.1) is 0 Å². The standard InChI is InChI=1S/C18H17NOS/c20-18(19-11-10-16-8-4-12-21-16)13-15-7-3-6-14-5-1-2-9-17(14)15/h1-9,12H,10-11,13H2,(H,19,20). The number of carbonyl (C=O) groups is 1. The van der Waals surface area contributed by atoms with E-state index in [0.717, 1.165) is 17.4 Å². The lowest BCUT2D eigenvalue weighted by atomic mass is 10.0. The second-order valence-electron chi connectivity index (χ2n) is 4.99. The summed E-state index contributed by atoms with van der Waals surface area (Å²) in [5, 5.41) is 7.41. The van der Waals surface area contributed by atoms with Crippen LogP contribution in [0.15, 0.2) is 60.0 Å². The Labute approximate surface area is 128 Å². The van der Waals surface area contributed by atoms with Gasteiger partial charge in [-0.05, 0) is 34.2 Å². The zero-order chi connectivity index (χ0) is 14.5. The molecule has 0 fully saturated rings. The topological polar surface area (TPSA) is 29.1 Å². The normalized spacial score (nSPS) is 10.7. The van der Waals surface area contributed by atoms with Gasteiger partial charge in [-0.25, -0.2) is 0 Å². The number of rotatable bonds is 5. The largest absolute Gasteiger partial charge is 0.355 e. The number of fused-ring (bicyclic) bond motifs is 1. The molecule has 0 saturated carbocycles. The number of hydrogen-bond donors (Lipinski definition) is 1. The van der Waals surface area contributed by atoms with E-state index in [9.17, 15) is 4.79 Å². The van der Waals surface area contributed by atoms with Crippen LogP contribution < -0.4 is 5.32 Å². The highest BCUT2D eigenvalue weighted by molar-refractivity contribution is 7.09. The first-order chi connectivity index (χ1) is 10.3. The van der Waals surface area contributed by atoms with Gasteiger partial charge in [0.2, 0.25) is 5.91 Å². The van der Waals surface area contributed by atoms with Gasteiger partial charge in [-0.1, -0.05) is 48.5 Å². The van der Waals surface area contributed by atoms with Gasteiger partial charge in [0.05, 0.1) is 6.42 Å². The van der Waals surface area contributed by atoms with Gasteiger partial charge in [-0.2, -0.15) is 0 Å². The molecule has 2 aromatic carbocycles. The van der Waals surface area contributed by atoms with Crippen LogP contribution >= 0.6 is 11.3 Å². The lowest BCUT2D eigenvalue weighted by molar-refractivity contribution is -0.120. The third kappa shape index (κ3) is 3.50. The average molecular weight is 295 g/mol. The number of amides is 1. The van der Waals surface area contributed by atoms with Crippen molar-refractivity contribution >= 4 is 28.0 Å². The fraction of sp³-hybridized carbons (Fsp3) is 0.167. The van der Waals surface area contributed by atoms with Crippen LogP contribution in [0.3, 0.4) is 0 Å². The maximum atomic E-state index is 12.1. The number of hydrogen-bond acceptors (Lipinski definition) is 2. The molecule has 0 aliphatic rings. The van der Waals surface area contributed by atoms with Crippen LogP contribution in [-0.2, 0) is 17.6 Å². The van der Waals surface area contributed by atoms with Crippen molar-refractivity contribution in [2.24, 2.45) is 0 Å². The summed E-state index contributed by atoms with van der Waals surface area (Å²) in [4.78, 5) is 13.4. The van der Waals surface area contributed by atoms with Gasteiger partial charge in [0.25, 0.3) is 0 Å². The molecule has 1 amide bonds. The Morgan fingerprint density at radius 1 is 1.00 bits per heavy atom. The monoisotopic (exact) mass is 295 g/mol. The molecule has 3 rings (SSSR count). The van der Waals surface area contributed by atoms with Crippen LogP contribution in [0.4, 0.5) is 0 Å². The molecule has 2 nitrogen and oxygen atoms in total. The van der Waals surface area contributed by atoms with E-state index in [2.05, 4.69) is 35.0 Å². The van der Waals surface area contributed by atoms with Crippen LogP contribution in [0.5, 0.6) is 0 Å². The van der Waals surface area contributed by atoms with Crippen molar-refractivity contribution in [3.8, 4) is 0 Å². The molecule has 0 saturated heterocycles. The Hall–Kier alpha value is -2.13. The first-order valence-corrected chi connectivity index (χ1v) is 7.96. The molecule has 0 atom stereocenters. The smallest absolute Gasteiger partial charge is 0.224 e. The molecule has 0 aliphatic heterocycles. The van der Waals surface area contributed by atoms with E-state index < -0.39 is 0 Å². The summed E-state index contributed by atoms with van der Waals surface area (Å²) >= 11 is 1.73. The van der Waals surface area contributed by atoms with Crippen LogP contribution in [0.1, 0.15) is 10.4 Å². The summed E-state index contributed by atoms with van der Waals surface area (Å²) in [6.07, 6.45) is 1.34. The predicted octanol–water partition coefficient (Wildman–Crippen LogP) is 3.80. The molecule has 0 bridgehead atoms. The van der Waals surface area contributed by atoms with Crippen molar-refractivity contribution in [1.29, 1.82) is 0 Å². The van der Waals surface area contributed by atoms with E-state index in [0.29, 0.717) is 13.0 Å². The molecule has 21 heavy (non-hydrogen) atoms. The van der Waals surface area contributed by atoms with Gasteiger partial charge in [0.15, 0.2) is 0 Å². The Kier molecular flexibility index (Phi) is 4.31. The zero-order valence-electron chi connectivity index (χ0n) is 11.7. The van der Waals surface area contributed by atoms with E-state index in [-0.39, 0.29) is 5.91 Å². The molecular weight excluding hydrogens is 278 g/mol. The minimum absolute atomic E-state index is 0.0860. The first kappa shape index (κ1) is 13.8. The second-order valence-corrected chi connectivity index (χ2v) is 6.03. The lowest BCUT2D eigenvalue weighted by Crippen LogP contribution is -2.27. The van der Waals surface area contributed by atoms with E-state index in [1.807, 2.05) is 30.3 Å². The summed E-state index contributed by atoms with van der Waals surface area (Å²) in [5.74, 6) is 0.0860. The molecular formula is C18H17NOS. The third-order valence-corrected chi connectivity index (χ3v) is 4.44. The maximum Gasteiger partial charge on any atom is 0.224 e. The van der Waals surface area contributed by atoms with Crippen molar-refractivity contribution in [1.82, 2.24) is 5.32 Å². The third-order valence-electron chi connectivity index (χ3n) is 3.50. The Balaban J connectivity index is 1.61. The summed E-state index contributed by atoms with van der Waals surface area (Å²) in [7, 11) is 0. The fourth-order valence-corrected chi connectivity index (χ4v) is 3.17. The van der Waals surface area contributed by atoms with Crippen molar-refractivity contribution < 1.29 is 4.79 Å². The highest BCUT2D eigenvalue weighted by atomic mass is 32.1. The van der Waals surface area contributed by atoms with E-state index in [1.54, 1.807) is 11.3 Å². The Bertz CT molecular complexity index is 729. The van der Waals surface area contributed by atoms with Gasteiger partial charge in [-0.15, -0.1) is 11.3 Å². The minimum atomic E-state index is 0.0860. The predicted molar refractivity (Wildman–Crippen MR) is 88.7 cm³/mol. The molecule has 3 aromatic rings. The highest BCUT2D eigenvalue weighted by Crippen LogP contribution is 2.18. The molecule has 1 N–H and O–H groups in total. The van der Waals surface area contributed by atoms with Crippen molar-refractivity contribution in [3.63, 3.8) is 0 Å². The lowest BCUT2D eigenvalue weighted by Gasteiger charge is -2.07. The zero-order valence-corrected chi connectivity index (χ0v) is 12.5. The van der Waals surface area contributed by atoms with Gasteiger partial charge >= 0.3 is 0 Å². The van der Waals surface area contributed by atoms with E-state index >= 15 is 0 Å². The summed E-state index contributed by atoms with van der Waals surface area (Å²) in [5.41, 5.74) is 1.08. The summed E-state index contributed by atoms with van der Waals surface area (Å²) < 4.78 is 0. The second kappa shape index (κ2) is 6.55. The van der Waals surface area contributed by atoms with Gasteiger partial charge < -0.3 is 5.32 Å². The summed E-state index contributed by atoms with van der Waals surface area (Å²) in [6.45, 7) is 0.699. The van der Waals surface area contributed by atoms with Crippen molar-refractivity contribution in [3.05, 3.63) is 70.4 Å². The average Bonchev–Trinajstić information content (AvgIpc) is 3.01. The molecule has 0 radical (unpaired) electrons. The molecule has 1 heterocycles. The fourth-order valence-electron chi connectivity index (χ4n) is 2.46. The molecule has 0 spiro atoms. The quantitative estimate of drug-likeness (QED) is 0.762. The number of nitrogens with one attached hydrogen (secondary N) is 1. The minimum Gasteiger partial charge on any atom is -0.355 e. The van der Waals surface area contributed by atoms with Crippen molar-refractivity contribution in [2.75, 3.05) is 6.54 Å². The maximum absolute atomic E-state index is 12.1. The Morgan fingerprint density at radius 3 is 2.71 bits per heavy atom. The van der Waals surface area contributed by atoms with Crippen LogP contribution in [-0.4, -0.2) is 12.5 Å². The molecule has 106 valence electrons. The number of thiophene rings is 1. The van der Waals surface area contributed by atoms with E-state index in [1.165, 1.54) is 10.3 Å². The summed E-state index contributed by atoms with van der Waals surface area (Å²) in [6, 6.07) is 18.4.